The van der Waals surface area contributed by atoms with Gasteiger partial charge in [-0.15, -0.1) is 0 Å². The summed E-state index contributed by atoms with van der Waals surface area (Å²) in [7, 11) is 3.00. The molecule has 3 aromatic rings. The summed E-state index contributed by atoms with van der Waals surface area (Å²) in [6, 6.07) is 5.96. The number of benzene rings is 2. The van der Waals surface area contributed by atoms with Crippen LogP contribution in [0.25, 0.3) is 16.5 Å². The molecule has 0 saturated carbocycles. The molecule has 2 aromatic carbocycles. The van der Waals surface area contributed by atoms with Crippen LogP contribution in [0.3, 0.4) is 0 Å². The van der Waals surface area contributed by atoms with Crippen LogP contribution in [0.2, 0.25) is 0 Å². The number of methoxy groups -OCH3 is 2. The quantitative estimate of drug-likeness (QED) is 0.326. The first kappa shape index (κ1) is 21.9. The van der Waals surface area contributed by atoms with Gasteiger partial charge in [0.05, 0.1) is 24.8 Å². The first-order valence-electron chi connectivity index (χ1n) is 9.57. The van der Waals surface area contributed by atoms with Crippen LogP contribution in [-0.2, 0) is 4.79 Å². The van der Waals surface area contributed by atoms with E-state index in [1.165, 1.54) is 31.4 Å². The molecule has 162 valence electrons. The number of non-ortho nitro benzene ring substituents is 1. The molecule has 8 heteroatoms. The highest BCUT2D eigenvalue weighted by Gasteiger charge is 2.19. The van der Waals surface area contributed by atoms with Gasteiger partial charge in [0.15, 0.2) is 0 Å². The van der Waals surface area contributed by atoms with Crippen molar-refractivity contribution in [1.82, 2.24) is 0 Å². The van der Waals surface area contributed by atoms with Crippen LogP contribution in [0.5, 0.6) is 11.5 Å². The van der Waals surface area contributed by atoms with E-state index in [-0.39, 0.29) is 11.4 Å². The van der Waals surface area contributed by atoms with Crippen molar-refractivity contribution < 1.29 is 23.6 Å². The molecular formula is C23H24N2O6. The number of furan rings is 1. The maximum atomic E-state index is 12.7. The van der Waals surface area contributed by atoms with Crippen LogP contribution in [0.15, 0.2) is 34.8 Å². The lowest BCUT2D eigenvalue weighted by Gasteiger charge is -2.13. The second-order valence-electron chi connectivity index (χ2n) is 7.20. The predicted octanol–water partition coefficient (Wildman–Crippen LogP) is 5.33. The number of ether oxygens (including phenoxy) is 2. The monoisotopic (exact) mass is 424 g/mol. The van der Waals surface area contributed by atoms with Crippen molar-refractivity contribution >= 4 is 33.8 Å². The van der Waals surface area contributed by atoms with E-state index >= 15 is 0 Å². The molecule has 3 rings (SSSR count). The molecule has 0 fully saturated rings. The molecule has 8 nitrogen and oxygen atoms in total. The number of nitro groups is 1. The largest absolute Gasteiger partial charge is 0.496 e. The zero-order valence-electron chi connectivity index (χ0n) is 18.3. The number of fused-ring (bicyclic) bond motifs is 1. The number of aryl methyl sites for hydroxylation is 3. The highest BCUT2D eigenvalue weighted by molar-refractivity contribution is 6.05. The Labute approximate surface area is 179 Å². The summed E-state index contributed by atoms with van der Waals surface area (Å²) in [4.78, 5) is 23.2. The fourth-order valence-corrected chi connectivity index (χ4v) is 3.52. The third-order valence-electron chi connectivity index (χ3n) is 5.27. The predicted molar refractivity (Wildman–Crippen MR) is 119 cm³/mol. The Kier molecular flexibility index (Phi) is 6.01. The minimum atomic E-state index is -0.533. The first-order chi connectivity index (χ1) is 14.7. The molecule has 0 bridgehead atoms. The zero-order valence-corrected chi connectivity index (χ0v) is 18.3. The lowest BCUT2D eigenvalue weighted by atomic mass is 9.98. The third kappa shape index (κ3) is 4.09. The molecule has 0 unspecified atom stereocenters. The SMILES string of the molecule is COc1ccc([N+](=O)[O-])cc1NC(=O)/C=C(\C)c1cc2c(C)c(C)oc2c(C)c1OC. The molecule has 0 radical (unpaired) electrons. The molecule has 0 spiro atoms. The summed E-state index contributed by atoms with van der Waals surface area (Å²) in [6.45, 7) is 7.60. The maximum absolute atomic E-state index is 12.7. The molecule has 0 atom stereocenters. The molecule has 0 aliphatic heterocycles. The van der Waals surface area contributed by atoms with E-state index in [1.807, 2.05) is 26.8 Å². The van der Waals surface area contributed by atoms with E-state index in [2.05, 4.69) is 5.32 Å². The van der Waals surface area contributed by atoms with Gasteiger partial charge in [-0.05, 0) is 51.0 Å². The van der Waals surface area contributed by atoms with Gasteiger partial charge in [-0.2, -0.15) is 0 Å². The number of nitrogens with zero attached hydrogens (tertiary/aromatic N) is 1. The van der Waals surface area contributed by atoms with E-state index < -0.39 is 10.8 Å². The number of hydrogen-bond donors (Lipinski definition) is 1. The minimum absolute atomic E-state index is 0.148. The summed E-state index contributed by atoms with van der Waals surface area (Å²) in [5.41, 5.74) is 4.13. The third-order valence-corrected chi connectivity index (χ3v) is 5.27. The summed E-state index contributed by atoms with van der Waals surface area (Å²) in [6.07, 6.45) is 1.42. The van der Waals surface area contributed by atoms with Crippen LogP contribution >= 0.6 is 0 Å². The van der Waals surface area contributed by atoms with Crippen molar-refractivity contribution in [3.05, 3.63) is 62.9 Å². The summed E-state index contributed by atoms with van der Waals surface area (Å²) in [5.74, 6) is 1.32. The smallest absolute Gasteiger partial charge is 0.271 e. The average Bonchev–Trinajstić information content (AvgIpc) is 3.02. The van der Waals surface area contributed by atoms with Crippen LogP contribution in [0, 0.1) is 30.9 Å². The molecule has 0 saturated heterocycles. The van der Waals surface area contributed by atoms with Crippen LogP contribution in [-0.4, -0.2) is 25.1 Å². The normalized spacial score (nSPS) is 11.5. The van der Waals surface area contributed by atoms with Crippen molar-refractivity contribution in [2.45, 2.75) is 27.7 Å². The van der Waals surface area contributed by atoms with E-state index in [0.717, 1.165) is 33.4 Å². The minimum Gasteiger partial charge on any atom is -0.496 e. The number of allylic oxidation sites excluding steroid dienone is 1. The van der Waals surface area contributed by atoms with Gasteiger partial charge in [0.25, 0.3) is 5.69 Å². The molecule has 1 heterocycles. The van der Waals surface area contributed by atoms with Gasteiger partial charge in [-0.1, -0.05) is 0 Å². The van der Waals surface area contributed by atoms with Gasteiger partial charge in [0.2, 0.25) is 5.91 Å². The Bertz CT molecular complexity index is 1220. The van der Waals surface area contributed by atoms with Gasteiger partial charge >= 0.3 is 0 Å². The topological polar surface area (TPSA) is 104 Å². The molecule has 0 aliphatic carbocycles. The Hall–Kier alpha value is -3.81. The number of rotatable bonds is 6. The van der Waals surface area contributed by atoms with Crippen LogP contribution in [0.1, 0.15) is 29.4 Å². The van der Waals surface area contributed by atoms with Crippen molar-refractivity contribution in [3.63, 3.8) is 0 Å². The molecule has 31 heavy (non-hydrogen) atoms. The molecule has 1 aromatic heterocycles. The fourth-order valence-electron chi connectivity index (χ4n) is 3.52. The van der Waals surface area contributed by atoms with Gasteiger partial charge in [-0.25, -0.2) is 0 Å². The number of amides is 1. The zero-order chi connectivity index (χ0) is 22.9. The average molecular weight is 424 g/mol. The Morgan fingerprint density at radius 3 is 2.45 bits per heavy atom. The number of anilines is 1. The van der Waals surface area contributed by atoms with Gasteiger partial charge in [0.1, 0.15) is 22.8 Å². The molecular weight excluding hydrogens is 400 g/mol. The number of carbonyl (C=O) groups excluding carboxylic acids is 1. The number of hydrogen-bond acceptors (Lipinski definition) is 6. The fraction of sp³-hybridized carbons (Fsp3) is 0.261. The van der Waals surface area contributed by atoms with Crippen LogP contribution in [0.4, 0.5) is 11.4 Å². The van der Waals surface area contributed by atoms with Crippen molar-refractivity contribution in [3.8, 4) is 11.5 Å². The Morgan fingerprint density at radius 2 is 1.84 bits per heavy atom. The number of carbonyl (C=O) groups is 1. The Balaban J connectivity index is 2.01. The standard InChI is InChI=1S/C23H24N2O6/c1-12(9-21(26)24-19-10-16(25(27)28)7-8-20(19)29-5)17-11-18-13(2)15(4)31-23(18)14(3)22(17)30-6/h7-11H,1-6H3,(H,24,26)/b12-9+. The number of nitro benzene ring substituents is 1. The lowest BCUT2D eigenvalue weighted by molar-refractivity contribution is -0.384. The van der Waals surface area contributed by atoms with E-state index in [1.54, 1.807) is 14.0 Å². The molecule has 0 aliphatic rings. The van der Waals surface area contributed by atoms with Gasteiger partial charge < -0.3 is 19.2 Å². The van der Waals surface area contributed by atoms with E-state index in [4.69, 9.17) is 13.9 Å². The molecule has 1 N–H and O–H groups in total. The van der Waals surface area contributed by atoms with E-state index in [0.29, 0.717) is 17.1 Å². The maximum Gasteiger partial charge on any atom is 0.271 e. The summed E-state index contributed by atoms with van der Waals surface area (Å²) < 4.78 is 16.7. The summed E-state index contributed by atoms with van der Waals surface area (Å²) in [5, 5.41) is 14.7. The highest BCUT2D eigenvalue weighted by Crippen LogP contribution is 2.38. The second kappa shape index (κ2) is 8.51. The van der Waals surface area contributed by atoms with Crippen molar-refractivity contribution in [1.29, 1.82) is 0 Å². The van der Waals surface area contributed by atoms with Gasteiger partial charge in [0, 0.05) is 34.7 Å². The lowest BCUT2D eigenvalue weighted by Crippen LogP contribution is -2.10. The van der Waals surface area contributed by atoms with E-state index in [9.17, 15) is 14.9 Å². The van der Waals surface area contributed by atoms with Crippen molar-refractivity contribution in [2.24, 2.45) is 0 Å². The molecule has 1 amide bonds. The number of nitrogens with one attached hydrogen (secondary N) is 1. The first-order valence-corrected chi connectivity index (χ1v) is 9.57. The Morgan fingerprint density at radius 1 is 1.13 bits per heavy atom. The second-order valence-corrected chi connectivity index (χ2v) is 7.20. The summed E-state index contributed by atoms with van der Waals surface area (Å²) >= 11 is 0. The van der Waals surface area contributed by atoms with Crippen LogP contribution < -0.4 is 14.8 Å². The van der Waals surface area contributed by atoms with Gasteiger partial charge in [-0.3, -0.25) is 14.9 Å². The highest BCUT2D eigenvalue weighted by atomic mass is 16.6. The van der Waals surface area contributed by atoms with Crippen molar-refractivity contribution in [2.75, 3.05) is 19.5 Å².